The first-order chi connectivity index (χ1) is 7.35. The van der Waals surface area contributed by atoms with Crippen molar-refractivity contribution in [1.82, 2.24) is 4.90 Å². The van der Waals surface area contributed by atoms with Crippen molar-refractivity contribution in [3.8, 4) is 0 Å². The Morgan fingerprint density at radius 2 is 2.00 bits per heavy atom. The van der Waals surface area contributed by atoms with Gasteiger partial charge in [-0.05, 0) is 13.0 Å². The summed E-state index contributed by atoms with van der Waals surface area (Å²) in [6, 6.07) is 0. The predicted molar refractivity (Wildman–Crippen MR) is 60.4 cm³/mol. The first-order valence-electron chi connectivity index (χ1n) is 5.00. The van der Waals surface area contributed by atoms with Gasteiger partial charge in [-0.3, -0.25) is 4.90 Å². The van der Waals surface area contributed by atoms with Gasteiger partial charge < -0.3 is 10.5 Å². The minimum absolute atomic E-state index is 0.0299. The number of ether oxygens (including phenoxy) is 1. The highest BCUT2D eigenvalue weighted by molar-refractivity contribution is 7.80. The molecule has 7 heteroatoms. The van der Waals surface area contributed by atoms with Gasteiger partial charge >= 0.3 is 6.18 Å². The Hall–Kier alpha value is -0.400. The number of nitrogens with zero attached hydrogens (tertiary/aromatic N) is 1. The molecule has 0 radical (unpaired) electrons. The van der Waals surface area contributed by atoms with E-state index in [2.05, 4.69) is 4.74 Å². The molecule has 0 bridgehead atoms. The summed E-state index contributed by atoms with van der Waals surface area (Å²) < 4.78 is 39.8. The van der Waals surface area contributed by atoms with E-state index in [1.54, 1.807) is 0 Å². The lowest BCUT2D eigenvalue weighted by atomic mass is 10.4. The smallest absolute Gasteiger partial charge is 0.392 e. The number of nitrogens with two attached hydrogens (primary N) is 1. The van der Waals surface area contributed by atoms with E-state index in [9.17, 15) is 13.2 Å². The maximum absolute atomic E-state index is 11.8. The molecule has 0 rings (SSSR count). The van der Waals surface area contributed by atoms with Gasteiger partial charge in [0, 0.05) is 13.1 Å². The molecule has 0 heterocycles. The minimum atomic E-state index is -4.27. The molecule has 0 saturated heterocycles. The summed E-state index contributed by atoms with van der Waals surface area (Å²) in [5.74, 6) is 0. The zero-order chi connectivity index (χ0) is 12.6. The van der Waals surface area contributed by atoms with E-state index in [1.165, 1.54) is 0 Å². The number of hydrogen-bond donors (Lipinski definition) is 1. The quantitative estimate of drug-likeness (QED) is 0.530. The zero-order valence-electron chi connectivity index (χ0n) is 9.22. The number of rotatable bonds is 8. The van der Waals surface area contributed by atoms with Gasteiger partial charge in [0.05, 0.1) is 11.6 Å². The van der Waals surface area contributed by atoms with Crippen molar-refractivity contribution in [2.75, 3.05) is 32.8 Å². The van der Waals surface area contributed by atoms with Gasteiger partial charge in [0.2, 0.25) is 0 Å². The summed E-state index contributed by atoms with van der Waals surface area (Å²) in [5, 5.41) is 0. The summed E-state index contributed by atoms with van der Waals surface area (Å²) in [5.41, 5.74) is 5.37. The van der Waals surface area contributed by atoms with E-state index in [0.29, 0.717) is 18.1 Å². The fourth-order valence-electron chi connectivity index (χ4n) is 1.19. The maximum atomic E-state index is 11.8. The Balaban J connectivity index is 3.71. The molecule has 0 aliphatic rings. The third kappa shape index (κ3) is 10.1. The lowest BCUT2D eigenvalue weighted by Crippen LogP contribution is -2.36. The van der Waals surface area contributed by atoms with E-state index in [-0.39, 0.29) is 6.61 Å². The molecule has 0 aliphatic carbocycles. The topological polar surface area (TPSA) is 38.5 Å². The molecule has 0 atom stereocenters. The first-order valence-corrected chi connectivity index (χ1v) is 5.41. The van der Waals surface area contributed by atoms with Crippen molar-refractivity contribution in [3.63, 3.8) is 0 Å². The van der Waals surface area contributed by atoms with E-state index < -0.39 is 12.8 Å². The van der Waals surface area contributed by atoms with Crippen LogP contribution in [0.15, 0.2) is 0 Å². The van der Waals surface area contributed by atoms with Gasteiger partial charge in [0.25, 0.3) is 0 Å². The zero-order valence-corrected chi connectivity index (χ0v) is 10.0. The Bertz CT molecular complexity index is 211. The van der Waals surface area contributed by atoms with Crippen molar-refractivity contribution in [3.05, 3.63) is 0 Å². The van der Waals surface area contributed by atoms with Gasteiger partial charge in [-0.2, -0.15) is 13.2 Å². The lowest BCUT2D eigenvalue weighted by molar-refractivity contribution is -0.174. The lowest BCUT2D eigenvalue weighted by Gasteiger charge is -2.20. The Kier molecular flexibility index (Phi) is 7.61. The van der Waals surface area contributed by atoms with Gasteiger partial charge in [0.1, 0.15) is 6.61 Å². The molecule has 0 spiro atoms. The molecule has 0 fully saturated rings. The summed E-state index contributed by atoms with van der Waals surface area (Å²) in [4.78, 5) is 2.21. The minimum Gasteiger partial charge on any atom is -0.392 e. The van der Waals surface area contributed by atoms with Crippen molar-refractivity contribution < 1.29 is 17.9 Å². The molecule has 0 aliphatic heterocycles. The molecule has 16 heavy (non-hydrogen) atoms. The predicted octanol–water partition coefficient (Wildman–Crippen LogP) is 1.56. The fourth-order valence-corrected chi connectivity index (χ4v) is 1.37. The third-order valence-corrected chi connectivity index (χ3v) is 1.87. The Morgan fingerprint density at radius 1 is 1.38 bits per heavy atom. The molecule has 0 unspecified atom stereocenters. The summed E-state index contributed by atoms with van der Waals surface area (Å²) in [6.07, 6.45) is -3.37. The van der Waals surface area contributed by atoms with Crippen molar-refractivity contribution in [2.45, 2.75) is 19.5 Å². The third-order valence-electron chi connectivity index (χ3n) is 1.74. The van der Waals surface area contributed by atoms with E-state index in [0.717, 1.165) is 13.0 Å². The first kappa shape index (κ1) is 15.6. The summed E-state index contributed by atoms with van der Waals surface area (Å²) in [6.45, 7) is 2.36. The molecule has 0 aromatic carbocycles. The molecule has 0 amide bonds. The van der Waals surface area contributed by atoms with Gasteiger partial charge in [-0.25, -0.2) is 0 Å². The van der Waals surface area contributed by atoms with Crippen LogP contribution in [-0.2, 0) is 4.74 Å². The van der Waals surface area contributed by atoms with E-state index >= 15 is 0 Å². The highest BCUT2D eigenvalue weighted by atomic mass is 32.1. The van der Waals surface area contributed by atoms with Crippen LogP contribution in [0.1, 0.15) is 13.3 Å². The van der Waals surface area contributed by atoms with Gasteiger partial charge in [-0.15, -0.1) is 0 Å². The van der Waals surface area contributed by atoms with Crippen molar-refractivity contribution in [1.29, 1.82) is 0 Å². The van der Waals surface area contributed by atoms with Crippen molar-refractivity contribution in [2.24, 2.45) is 5.73 Å². The SMILES string of the molecule is CCCN(CCOCC(F)(F)F)CC(N)=S. The Morgan fingerprint density at radius 3 is 2.44 bits per heavy atom. The monoisotopic (exact) mass is 258 g/mol. The van der Waals surface area contributed by atoms with Crippen LogP contribution in [0.5, 0.6) is 0 Å². The van der Waals surface area contributed by atoms with E-state index in [4.69, 9.17) is 18.0 Å². The second-order valence-electron chi connectivity index (χ2n) is 3.41. The van der Waals surface area contributed by atoms with Gasteiger partial charge in [0.15, 0.2) is 0 Å². The molecule has 0 saturated carbocycles. The second-order valence-corrected chi connectivity index (χ2v) is 3.93. The largest absolute Gasteiger partial charge is 0.411 e. The molecular formula is C9H17F3N2OS. The molecule has 3 nitrogen and oxygen atoms in total. The van der Waals surface area contributed by atoms with Crippen LogP contribution in [0.2, 0.25) is 0 Å². The average molecular weight is 258 g/mol. The summed E-state index contributed by atoms with van der Waals surface area (Å²) in [7, 11) is 0. The van der Waals surface area contributed by atoms with Crippen LogP contribution >= 0.6 is 12.2 Å². The molecule has 0 aromatic heterocycles. The Labute approximate surface area is 98.7 Å². The number of thiocarbonyl (C=S) groups is 1. The molecule has 0 aromatic rings. The molecule has 2 N–H and O–H groups in total. The van der Waals surface area contributed by atoms with Crippen LogP contribution in [0.4, 0.5) is 13.2 Å². The van der Waals surface area contributed by atoms with Crippen LogP contribution in [0.25, 0.3) is 0 Å². The maximum Gasteiger partial charge on any atom is 0.411 e. The van der Waals surface area contributed by atoms with Crippen LogP contribution in [0.3, 0.4) is 0 Å². The standard InChI is InChI=1S/C9H17F3N2OS/c1-2-3-14(6-8(13)16)4-5-15-7-9(10,11)12/h2-7H2,1H3,(H2,13,16). The summed E-state index contributed by atoms with van der Waals surface area (Å²) >= 11 is 4.74. The molecular weight excluding hydrogens is 241 g/mol. The highest BCUT2D eigenvalue weighted by Crippen LogP contribution is 2.14. The van der Waals surface area contributed by atoms with Gasteiger partial charge in [-0.1, -0.05) is 19.1 Å². The normalized spacial score (nSPS) is 12.1. The molecule has 96 valence electrons. The number of alkyl halides is 3. The number of hydrogen-bond acceptors (Lipinski definition) is 3. The van der Waals surface area contributed by atoms with Crippen LogP contribution in [-0.4, -0.2) is 48.9 Å². The second kappa shape index (κ2) is 7.81. The van der Waals surface area contributed by atoms with E-state index in [1.807, 2.05) is 11.8 Å². The van der Waals surface area contributed by atoms with Crippen LogP contribution < -0.4 is 5.73 Å². The highest BCUT2D eigenvalue weighted by Gasteiger charge is 2.27. The van der Waals surface area contributed by atoms with Crippen molar-refractivity contribution >= 4 is 17.2 Å². The fraction of sp³-hybridized carbons (Fsp3) is 0.889. The number of halogens is 3. The average Bonchev–Trinajstić information content (AvgIpc) is 2.10. The van der Waals surface area contributed by atoms with Crippen LogP contribution in [0, 0.1) is 0 Å².